The molecule has 0 aliphatic heterocycles. The lowest BCUT2D eigenvalue weighted by atomic mass is 10.2. The molecule has 1 aromatic carbocycles. The van der Waals surface area contributed by atoms with Gasteiger partial charge < -0.3 is 0 Å². The first-order valence-electron chi connectivity index (χ1n) is 3.48. The van der Waals surface area contributed by atoms with Crippen LogP contribution in [0.1, 0.15) is 5.56 Å². The molecule has 0 heterocycles. The van der Waals surface area contributed by atoms with Crippen LogP contribution >= 0.6 is 15.9 Å². The van der Waals surface area contributed by atoms with E-state index in [9.17, 15) is 8.42 Å². The fraction of sp³-hybridized carbons (Fsp3) is 0.125. The Hall–Kier alpha value is -0.680. The molecule has 1 rings (SSSR count). The third kappa shape index (κ3) is 4.19. The molecule has 0 spiro atoms. The van der Waals surface area contributed by atoms with Crippen LogP contribution in [0.4, 0.5) is 0 Å². The van der Waals surface area contributed by atoms with Crippen LogP contribution in [-0.4, -0.2) is 20.9 Å². The first-order chi connectivity index (χ1) is 5.97. The lowest BCUT2D eigenvalue weighted by molar-refractivity contribution is 0.604. The molecule has 0 N–H and O–H groups in total. The van der Waals surface area contributed by atoms with Gasteiger partial charge in [0.1, 0.15) is 0 Å². The van der Waals surface area contributed by atoms with Crippen molar-refractivity contribution in [2.75, 3.05) is 6.26 Å². The standard InChI is InChI=1S/C8H8BrNO2S/c1-13(11,12)10-6-7-2-4-8(9)5-3-7/h2-6H,1H3/b10-6+. The summed E-state index contributed by atoms with van der Waals surface area (Å²) in [4.78, 5) is 0. The molecule has 1 aromatic rings. The maximum absolute atomic E-state index is 10.7. The second kappa shape index (κ2) is 4.02. The molecule has 3 nitrogen and oxygen atoms in total. The van der Waals surface area contributed by atoms with Crippen LogP contribution in [-0.2, 0) is 10.0 Å². The summed E-state index contributed by atoms with van der Waals surface area (Å²) in [7, 11) is -3.27. The molecular formula is C8H8BrNO2S. The van der Waals surface area contributed by atoms with Gasteiger partial charge in [-0.15, -0.1) is 0 Å². The van der Waals surface area contributed by atoms with Gasteiger partial charge in [-0.3, -0.25) is 0 Å². The van der Waals surface area contributed by atoms with E-state index < -0.39 is 10.0 Å². The van der Waals surface area contributed by atoms with Gasteiger partial charge in [-0.1, -0.05) is 28.1 Å². The molecule has 5 heteroatoms. The van der Waals surface area contributed by atoms with E-state index in [1.807, 2.05) is 12.1 Å². The zero-order chi connectivity index (χ0) is 9.90. The number of halogens is 1. The van der Waals surface area contributed by atoms with Crippen molar-refractivity contribution < 1.29 is 8.42 Å². The Morgan fingerprint density at radius 3 is 2.31 bits per heavy atom. The summed E-state index contributed by atoms with van der Waals surface area (Å²) < 4.78 is 25.7. The number of hydrogen-bond donors (Lipinski definition) is 0. The van der Waals surface area contributed by atoms with E-state index in [1.165, 1.54) is 6.21 Å². The average molecular weight is 262 g/mol. The van der Waals surface area contributed by atoms with Crippen molar-refractivity contribution in [2.24, 2.45) is 4.40 Å². The highest BCUT2D eigenvalue weighted by Crippen LogP contribution is 2.09. The normalized spacial score (nSPS) is 12.2. The molecule has 0 aliphatic carbocycles. The maximum Gasteiger partial charge on any atom is 0.250 e. The van der Waals surface area contributed by atoms with Gasteiger partial charge in [-0.05, 0) is 17.7 Å². The third-order valence-electron chi connectivity index (χ3n) is 1.26. The van der Waals surface area contributed by atoms with Crippen molar-refractivity contribution in [3.63, 3.8) is 0 Å². The molecular weight excluding hydrogens is 254 g/mol. The molecule has 0 atom stereocenters. The number of hydrogen-bond acceptors (Lipinski definition) is 2. The Balaban J connectivity index is 2.88. The number of benzene rings is 1. The monoisotopic (exact) mass is 261 g/mol. The van der Waals surface area contributed by atoms with E-state index in [2.05, 4.69) is 20.3 Å². The molecule has 0 fully saturated rings. The lowest BCUT2D eigenvalue weighted by Crippen LogP contribution is -1.91. The minimum Gasteiger partial charge on any atom is -0.205 e. The molecule has 0 radical (unpaired) electrons. The summed E-state index contributed by atoms with van der Waals surface area (Å²) in [6, 6.07) is 7.20. The summed E-state index contributed by atoms with van der Waals surface area (Å²) in [6.45, 7) is 0. The Bertz CT molecular complexity index is 408. The molecule has 0 bridgehead atoms. The first kappa shape index (κ1) is 10.4. The van der Waals surface area contributed by atoms with Crippen LogP contribution in [0, 0.1) is 0 Å². The first-order valence-corrected chi connectivity index (χ1v) is 6.12. The summed E-state index contributed by atoms with van der Waals surface area (Å²) in [5.74, 6) is 0. The van der Waals surface area contributed by atoms with E-state index in [-0.39, 0.29) is 0 Å². The number of nitrogens with zero attached hydrogens (tertiary/aromatic N) is 1. The Morgan fingerprint density at radius 2 is 1.85 bits per heavy atom. The zero-order valence-corrected chi connectivity index (χ0v) is 9.34. The van der Waals surface area contributed by atoms with Crippen LogP contribution in [0.5, 0.6) is 0 Å². The van der Waals surface area contributed by atoms with Crippen molar-refractivity contribution in [2.45, 2.75) is 0 Å². The van der Waals surface area contributed by atoms with E-state index in [0.717, 1.165) is 16.3 Å². The fourth-order valence-corrected chi connectivity index (χ4v) is 1.28. The second-order valence-electron chi connectivity index (χ2n) is 2.52. The average Bonchev–Trinajstić information content (AvgIpc) is 2.02. The van der Waals surface area contributed by atoms with Gasteiger partial charge in [0.25, 0.3) is 0 Å². The van der Waals surface area contributed by atoms with Crippen molar-refractivity contribution in [1.82, 2.24) is 0 Å². The SMILES string of the molecule is CS(=O)(=O)/N=C/c1ccc(Br)cc1. The lowest BCUT2D eigenvalue weighted by Gasteiger charge is -1.92. The van der Waals surface area contributed by atoms with Gasteiger partial charge in [0.05, 0.1) is 6.26 Å². The van der Waals surface area contributed by atoms with Crippen LogP contribution < -0.4 is 0 Å². The van der Waals surface area contributed by atoms with Crippen LogP contribution in [0.15, 0.2) is 33.1 Å². The fourth-order valence-electron chi connectivity index (χ4n) is 0.705. The van der Waals surface area contributed by atoms with Crippen molar-refractivity contribution >= 4 is 32.2 Å². The minimum atomic E-state index is -3.27. The molecule has 0 saturated heterocycles. The molecule has 0 aromatic heterocycles. The molecule has 13 heavy (non-hydrogen) atoms. The van der Waals surface area contributed by atoms with Crippen molar-refractivity contribution in [1.29, 1.82) is 0 Å². The summed E-state index contributed by atoms with van der Waals surface area (Å²) in [5, 5.41) is 0. The Labute approximate surface area is 85.7 Å². The van der Waals surface area contributed by atoms with Crippen molar-refractivity contribution in [3.05, 3.63) is 34.3 Å². The molecule has 70 valence electrons. The maximum atomic E-state index is 10.7. The predicted molar refractivity (Wildman–Crippen MR) is 56.6 cm³/mol. The van der Waals surface area contributed by atoms with E-state index in [0.29, 0.717) is 0 Å². The van der Waals surface area contributed by atoms with E-state index in [4.69, 9.17) is 0 Å². The van der Waals surface area contributed by atoms with Crippen LogP contribution in [0.3, 0.4) is 0 Å². The van der Waals surface area contributed by atoms with Crippen LogP contribution in [0.25, 0.3) is 0 Å². The second-order valence-corrected chi connectivity index (χ2v) is 5.11. The minimum absolute atomic E-state index is 0.758. The summed E-state index contributed by atoms with van der Waals surface area (Å²) in [6.07, 6.45) is 2.38. The highest BCUT2D eigenvalue weighted by molar-refractivity contribution is 9.10. The van der Waals surface area contributed by atoms with Gasteiger partial charge in [0, 0.05) is 10.7 Å². The topological polar surface area (TPSA) is 46.5 Å². The molecule has 0 saturated carbocycles. The summed E-state index contributed by atoms with van der Waals surface area (Å²) in [5.41, 5.74) is 0.758. The highest BCUT2D eigenvalue weighted by Gasteiger charge is 1.94. The molecule has 0 amide bonds. The van der Waals surface area contributed by atoms with Gasteiger partial charge in [0.15, 0.2) is 0 Å². The van der Waals surface area contributed by atoms with Gasteiger partial charge >= 0.3 is 0 Å². The van der Waals surface area contributed by atoms with Gasteiger partial charge in [-0.2, -0.15) is 4.40 Å². The molecule has 0 unspecified atom stereocenters. The number of rotatable bonds is 2. The molecule has 0 aliphatic rings. The smallest absolute Gasteiger partial charge is 0.205 e. The Kier molecular flexibility index (Phi) is 3.22. The number of sulfonamides is 1. The summed E-state index contributed by atoms with van der Waals surface area (Å²) >= 11 is 3.27. The predicted octanol–water partition coefficient (Wildman–Crippen LogP) is 1.83. The largest absolute Gasteiger partial charge is 0.250 e. The van der Waals surface area contributed by atoms with E-state index >= 15 is 0 Å². The van der Waals surface area contributed by atoms with Crippen LogP contribution in [0.2, 0.25) is 0 Å². The van der Waals surface area contributed by atoms with Gasteiger partial charge in [0.2, 0.25) is 10.0 Å². The van der Waals surface area contributed by atoms with E-state index in [1.54, 1.807) is 12.1 Å². The quantitative estimate of drug-likeness (QED) is 0.763. The Morgan fingerprint density at radius 1 is 1.31 bits per heavy atom. The van der Waals surface area contributed by atoms with Crippen molar-refractivity contribution in [3.8, 4) is 0 Å². The highest BCUT2D eigenvalue weighted by atomic mass is 79.9. The zero-order valence-electron chi connectivity index (χ0n) is 6.94. The van der Waals surface area contributed by atoms with Gasteiger partial charge in [-0.25, -0.2) is 8.42 Å². The third-order valence-corrected chi connectivity index (χ3v) is 2.28.